The highest BCUT2D eigenvalue weighted by atomic mass is 35.5. The Hall–Kier alpha value is -3.26. The lowest BCUT2D eigenvalue weighted by atomic mass is 10.2. The number of hydrogen-bond donors (Lipinski definition) is 0. The summed E-state index contributed by atoms with van der Waals surface area (Å²) in [4.78, 5) is 29.9. The summed E-state index contributed by atoms with van der Waals surface area (Å²) < 4.78 is 20.6. The summed E-state index contributed by atoms with van der Waals surface area (Å²) in [5, 5.41) is 4.55. The van der Waals surface area contributed by atoms with Crippen molar-refractivity contribution in [2.75, 3.05) is 13.7 Å². The molecule has 0 radical (unpaired) electrons. The molecule has 9 heteroatoms. The number of amides is 1. The Morgan fingerprint density at radius 3 is 2.60 bits per heavy atom. The van der Waals surface area contributed by atoms with Gasteiger partial charge < -0.3 is 9.64 Å². The summed E-state index contributed by atoms with van der Waals surface area (Å²) >= 11 is 5.98. The first-order chi connectivity index (χ1) is 14.3. The van der Waals surface area contributed by atoms with Gasteiger partial charge in [0.25, 0.3) is 5.91 Å². The maximum atomic E-state index is 13.9. The Labute approximate surface area is 178 Å². The van der Waals surface area contributed by atoms with Crippen molar-refractivity contribution in [3.8, 4) is 5.82 Å². The lowest BCUT2D eigenvalue weighted by molar-refractivity contribution is -0.133. The van der Waals surface area contributed by atoms with Gasteiger partial charge in [0.05, 0.1) is 11.3 Å². The minimum Gasteiger partial charge on any atom is -0.452 e. The van der Waals surface area contributed by atoms with E-state index in [4.69, 9.17) is 16.3 Å². The minimum atomic E-state index is -0.687. The zero-order chi connectivity index (χ0) is 21.8. The van der Waals surface area contributed by atoms with E-state index < -0.39 is 24.3 Å². The molecule has 0 N–H and O–H groups in total. The van der Waals surface area contributed by atoms with Crippen LogP contribution < -0.4 is 0 Å². The number of rotatable bonds is 6. The van der Waals surface area contributed by atoms with Crippen LogP contribution in [0.2, 0.25) is 5.02 Å². The van der Waals surface area contributed by atoms with Crippen LogP contribution in [0.15, 0.2) is 42.6 Å². The Morgan fingerprint density at radius 2 is 2.00 bits per heavy atom. The lowest BCUT2D eigenvalue weighted by Gasteiger charge is -2.18. The monoisotopic (exact) mass is 430 g/mol. The molecule has 3 rings (SSSR count). The summed E-state index contributed by atoms with van der Waals surface area (Å²) in [6.07, 6.45) is 1.36. The fraction of sp³-hybridized carbons (Fsp3) is 0.238. The molecule has 0 bridgehead atoms. The maximum Gasteiger partial charge on any atom is 0.340 e. The number of carbonyl (C=O) groups is 2. The van der Waals surface area contributed by atoms with E-state index in [9.17, 15) is 14.0 Å². The van der Waals surface area contributed by atoms with Crippen LogP contribution in [0.1, 0.15) is 27.3 Å². The molecule has 0 saturated carbocycles. The van der Waals surface area contributed by atoms with E-state index in [1.807, 2.05) is 19.9 Å². The first-order valence-corrected chi connectivity index (χ1v) is 9.47. The molecule has 0 atom stereocenters. The predicted molar refractivity (Wildman–Crippen MR) is 109 cm³/mol. The molecule has 1 amide bonds. The van der Waals surface area contributed by atoms with Crippen LogP contribution in [0.5, 0.6) is 0 Å². The Kier molecular flexibility index (Phi) is 6.47. The van der Waals surface area contributed by atoms with Crippen molar-refractivity contribution < 1.29 is 18.7 Å². The average Bonchev–Trinajstić information content (AvgIpc) is 3.06. The third-order valence-electron chi connectivity index (χ3n) is 4.42. The number of aryl methyl sites for hydroxylation is 2. The largest absolute Gasteiger partial charge is 0.452 e. The highest BCUT2D eigenvalue weighted by molar-refractivity contribution is 6.31. The third-order valence-corrected chi connectivity index (χ3v) is 4.77. The summed E-state index contributed by atoms with van der Waals surface area (Å²) in [5.41, 5.74) is 2.18. The highest BCUT2D eigenvalue weighted by Crippen LogP contribution is 2.20. The van der Waals surface area contributed by atoms with E-state index in [0.717, 1.165) is 11.4 Å². The number of esters is 1. The second-order valence-electron chi connectivity index (χ2n) is 6.77. The quantitative estimate of drug-likeness (QED) is 0.559. The number of likely N-dealkylation sites (N-methyl/N-ethyl adjacent to an activating group) is 1. The number of halogens is 2. The number of ether oxygens (including phenoxy) is 1. The van der Waals surface area contributed by atoms with Gasteiger partial charge in [0.1, 0.15) is 5.82 Å². The second-order valence-corrected chi connectivity index (χ2v) is 7.18. The van der Waals surface area contributed by atoms with E-state index in [2.05, 4.69) is 10.1 Å². The molecule has 0 unspecified atom stereocenters. The van der Waals surface area contributed by atoms with E-state index >= 15 is 0 Å². The smallest absolute Gasteiger partial charge is 0.340 e. The molecule has 3 aromatic rings. The summed E-state index contributed by atoms with van der Waals surface area (Å²) in [7, 11) is 1.48. The number of pyridine rings is 1. The zero-order valence-corrected chi connectivity index (χ0v) is 17.5. The fourth-order valence-electron chi connectivity index (χ4n) is 2.82. The van der Waals surface area contributed by atoms with Gasteiger partial charge in [-0.2, -0.15) is 5.10 Å². The lowest BCUT2D eigenvalue weighted by Crippen LogP contribution is -2.31. The zero-order valence-electron chi connectivity index (χ0n) is 16.7. The van der Waals surface area contributed by atoms with Crippen molar-refractivity contribution in [3.05, 3.63) is 75.9 Å². The van der Waals surface area contributed by atoms with Crippen LogP contribution in [0.3, 0.4) is 0 Å². The molecule has 0 aliphatic heterocycles. The van der Waals surface area contributed by atoms with E-state index in [1.165, 1.54) is 30.3 Å². The maximum absolute atomic E-state index is 13.9. The number of aromatic nitrogens is 3. The third kappa shape index (κ3) is 4.83. The molecule has 0 aliphatic carbocycles. The summed E-state index contributed by atoms with van der Waals surface area (Å²) in [6, 6.07) is 9.40. The number of benzene rings is 1. The molecule has 0 aliphatic rings. The number of nitrogens with zero attached hydrogens (tertiary/aromatic N) is 4. The Morgan fingerprint density at radius 1 is 1.23 bits per heavy atom. The second kappa shape index (κ2) is 9.04. The van der Waals surface area contributed by atoms with Crippen LogP contribution in [0.25, 0.3) is 5.82 Å². The van der Waals surface area contributed by atoms with E-state index in [-0.39, 0.29) is 22.7 Å². The van der Waals surface area contributed by atoms with Gasteiger partial charge in [-0.05, 0) is 44.2 Å². The average molecular weight is 431 g/mol. The van der Waals surface area contributed by atoms with Gasteiger partial charge in [-0.25, -0.2) is 18.9 Å². The highest BCUT2D eigenvalue weighted by Gasteiger charge is 2.17. The van der Waals surface area contributed by atoms with Crippen molar-refractivity contribution in [2.24, 2.45) is 0 Å². The van der Waals surface area contributed by atoms with E-state index in [1.54, 1.807) is 22.9 Å². The first-order valence-electron chi connectivity index (χ1n) is 9.10. The van der Waals surface area contributed by atoms with Crippen LogP contribution >= 0.6 is 11.6 Å². The topological polar surface area (TPSA) is 77.3 Å². The van der Waals surface area contributed by atoms with Crippen LogP contribution in [0, 0.1) is 19.7 Å². The molecule has 1 aromatic carbocycles. The van der Waals surface area contributed by atoms with Gasteiger partial charge in [-0.3, -0.25) is 4.79 Å². The predicted octanol–water partition coefficient (Wildman–Crippen LogP) is 3.49. The van der Waals surface area contributed by atoms with Gasteiger partial charge in [-0.1, -0.05) is 17.7 Å². The molecular formula is C21H20ClFN4O3. The minimum absolute atomic E-state index is 0.0409. The van der Waals surface area contributed by atoms with Gasteiger partial charge in [0.2, 0.25) is 0 Å². The van der Waals surface area contributed by atoms with Crippen molar-refractivity contribution >= 4 is 23.5 Å². The van der Waals surface area contributed by atoms with Gasteiger partial charge >= 0.3 is 5.97 Å². The standard InChI is InChI=1S/C21H20ClFN4O3/c1-13-9-14(2)27(25-13)19-8-7-15(10-24-19)21(29)30-12-20(28)26(3)11-16-17(22)5-4-6-18(16)23/h4-10H,11-12H2,1-3H3. The molecule has 2 aromatic heterocycles. The molecule has 156 valence electrons. The normalized spacial score (nSPS) is 10.7. The summed E-state index contributed by atoms with van der Waals surface area (Å²) in [5.74, 6) is -1.12. The first kappa shape index (κ1) is 21.4. The molecule has 0 saturated heterocycles. The van der Waals surface area contributed by atoms with Gasteiger partial charge in [0.15, 0.2) is 12.4 Å². The Balaban J connectivity index is 1.58. The van der Waals surface area contributed by atoms with Crippen molar-refractivity contribution in [3.63, 3.8) is 0 Å². The molecule has 7 nitrogen and oxygen atoms in total. The van der Waals surface area contributed by atoms with Crippen molar-refractivity contribution in [1.29, 1.82) is 0 Å². The van der Waals surface area contributed by atoms with Crippen LogP contribution in [-0.2, 0) is 16.1 Å². The fourth-order valence-corrected chi connectivity index (χ4v) is 3.05. The number of hydrogen-bond acceptors (Lipinski definition) is 5. The van der Waals surface area contributed by atoms with Gasteiger partial charge in [0, 0.05) is 36.1 Å². The molecule has 0 spiro atoms. The number of carbonyl (C=O) groups excluding carboxylic acids is 2. The van der Waals surface area contributed by atoms with Gasteiger partial charge in [-0.15, -0.1) is 0 Å². The molecule has 30 heavy (non-hydrogen) atoms. The van der Waals surface area contributed by atoms with E-state index in [0.29, 0.717) is 5.82 Å². The van der Waals surface area contributed by atoms with Crippen LogP contribution in [0.4, 0.5) is 4.39 Å². The molecule has 0 fully saturated rings. The van der Waals surface area contributed by atoms with Crippen molar-refractivity contribution in [1.82, 2.24) is 19.7 Å². The SMILES string of the molecule is Cc1cc(C)n(-c2ccc(C(=O)OCC(=O)N(C)Cc3c(F)cccc3Cl)cn2)n1. The summed E-state index contributed by atoms with van der Waals surface area (Å²) in [6.45, 7) is 3.26. The van der Waals surface area contributed by atoms with Crippen molar-refractivity contribution in [2.45, 2.75) is 20.4 Å². The Bertz CT molecular complexity index is 1060. The molecular weight excluding hydrogens is 411 g/mol. The molecule has 2 heterocycles. The van der Waals surface area contributed by atoms with Crippen LogP contribution in [-0.4, -0.2) is 45.2 Å².